The van der Waals surface area contributed by atoms with Crippen LogP contribution in [0.1, 0.15) is 24.5 Å². The highest BCUT2D eigenvalue weighted by molar-refractivity contribution is 7.99. The third-order valence-electron chi connectivity index (χ3n) is 3.16. The van der Waals surface area contributed by atoms with Crippen molar-refractivity contribution in [2.75, 3.05) is 5.75 Å². The molecule has 0 fully saturated rings. The number of nitrogens with one attached hydrogen (secondary N) is 1. The first-order valence-corrected chi connectivity index (χ1v) is 8.22. The minimum atomic E-state index is -0.0603. The van der Waals surface area contributed by atoms with Gasteiger partial charge in [0.2, 0.25) is 5.91 Å². The summed E-state index contributed by atoms with van der Waals surface area (Å²) in [6, 6.07) is 18.1. The number of carbonyl (C=O) groups excluding carboxylic acids is 1. The zero-order chi connectivity index (χ0) is 15.8. The summed E-state index contributed by atoms with van der Waals surface area (Å²) >= 11 is 1.68. The molecule has 1 N–H and O–H groups in total. The molecule has 0 aromatic heterocycles. The highest BCUT2D eigenvalue weighted by Crippen LogP contribution is 2.18. The quantitative estimate of drug-likeness (QED) is 0.497. The Kier molecular flexibility index (Phi) is 6.22. The first-order chi connectivity index (χ1) is 10.6. The predicted molar refractivity (Wildman–Crippen MR) is 93.3 cm³/mol. The molecule has 4 heteroatoms. The first kappa shape index (κ1) is 16.3. The molecule has 0 atom stereocenters. The highest BCUT2D eigenvalue weighted by Gasteiger charge is 2.02. The number of hydrogen-bond donors (Lipinski definition) is 1. The number of nitrogens with zero attached hydrogens (tertiary/aromatic N) is 1. The lowest BCUT2D eigenvalue weighted by Crippen LogP contribution is -2.19. The van der Waals surface area contributed by atoms with Crippen molar-refractivity contribution in [3.05, 3.63) is 65.7 Å². The first-order valence-electron chi connectivity index (χ1n) is 7.23. The molecule has 0 bridgehead atoms. The molecule has 0 heterocycles. The van der Waals surface area contributed by atoms with Gasteiger partial charge >= 0.3 is 0 Å². The van der Waals surface area contributed by atoms with E-state index in [0.29, 0.717) is 6.42 Å². The zero-order valence-corrected chi connectivity index (χ0v) is 13.7. The molecule has 0 unspecified atom stereocenters. The van der Waals surface area contributed by atoms with Gasteiger partial charge in [-0.3, -0.25) is 4.79 Å². The molecule has 0 saturated carbocycles. The Morgan fingerprint density at radius 2 is 1.77 bits per heavy atom. The SMILES string of the molecule is C/C(=N/NC(=O)CCSc1ccc(C)cc1)c1ccccc1. The molecular weight excluding hydrogens is 292 g/mol. The van der Waals surface area contributed by atoms with Crippen LogP contribution in [0.2, 0.25) is 0 Å². The van der Waals surface area contributed by atoms with Crippen LogP contribution in [-0.2, 0) is 4.79 Å². The second kappa shape index (κ2) is 8.39. The third-order valence-corrected chi connectivity index (χ3v) is 4.17. The van der Waals surface area contributed by atoms with Gasteiger partial charge in [-0.25, -0.2) is 5.43 Å². The van der Waals surface area contributed by atoms with E-state index in [1.807, 2.05) is 37.3 Å². The summed E-state index contributed by atoms with van der Waals surface area (Å²) in [5.41, 5.74) is 5.67. The van der Waals surface area contributed by atoms with Crippen LogP contribution in [0, 0.1) is 6.92 Å². The standard InChI is InChI=1S/C18H20N2OS/c1-14-8-10-17(11-9-14)22-13-12-18(21)20-19-15(2)16-6-4-3-5-7-16/h3-11H,12-13H2,1-2H3,(H,20,21)/b19-15-. The zero-order valence-electron chi connectivity index (χ0n) is 12.9. The fourth-order valence-corrected chi connectivity index (χ4v) is 2.69. The maximum atomic E-state index is 11.8. The number of benzene rings is 2. The van der Waals surface area contributed by atoms with Crippen LogP contribution in [0.3, 0.4) is 0 Å². The largest absolute Gasteiger partial charge is 0.273 e. The number of amides is 1. The fraction of sp³-hybridized carbons (Fsp3) is 0.222. The molecule has 2 aromatic carbocycles. The van der Waals surface area contributed by atoms with E-state index >= 15 is 0 Å². The molecule has 22 heavy (non-hydrogen) atoms. The monoisotopic (exact) mass is 312 g/mol. The molecule has 1 amide bonds. The average molecular weight is 312 g/mol. The second-order valence-corrected chi connectivity index (χ2v) is 6.18. The lowest BCUT2D eigenvalue weighted by atomic mass is 10.1. The van der Waals surface area contributed by atoms with Crippen molar-refractivity contribution in [3.8, 4) is 0 Å². The van der Waals surface area contributed by atoms with Crippen LogP contribution in [0.4, 0.5) is 0 Å². The van der Waals surface area contributed by atoms with Crippen molar-refractivity contribution < 1.29 is 4.79 Å². The number of hydrazone groups is 1. The van der Waals surface area contributed by atoms with Crippen molar-refractivity contribution in [1.29, 1.82) is 0 Å². The van der Waals surface area contributed by atoms with Crippen molar-refractivity contribution in [1.82, 2.24) is 5.43 Å². The minimum absolute atomic E-state index is 0.0603. The number of carbonyl (C=O) groups is 1. The van der Waals surface area contributed by atoms with Gasteiger partial charge in [0, 0.05) is 17.1 Å². The van der Waals surface area contributed by atoms with Gasteiger partial charge in [0.05, 0.1) is 5.71 Å². The molecule has 3 nitrogen and oxygen atoms in total. The van der Waals surface area contributed by atoms with Gasteiger partial charge in [-0.1, -0.05) is 48.0 Å². The fourth-order valence-electron chi connectivity index (χ4n) is 1.84. The maximum Gasteiger partial charge on any atom is 0.240 e. The average Bonchev–Trinajstić information content (AvgIpc) is 2.55. The van der Waals surface area contributed by atoms with Crippen LogP contribution in [0.25, 0.3) is 0 Å². The normalized spacial score (nSPS) is 11.3. The number of rotatable bonds is 6. The Morgan fingerprint density at radius 1 is 1.09 bits per heavy atom. The van der Waals surface area contributed by atoms with Gasteiger partial charge in [-0.15, -0.1) is 11.8 Å². The number of aryl methyl sites for hydroxylation is 1. The Balaban J connectivity index is 1.75. The predicted octanol–water partition coefficient (Wildman–Crippen LogP) is 4.02. The summed E-state index contributed by atoms with van der Waals surface area (Å²) in [5, 5.41) is 4.14. The molecule has 0 aliphatic heterocycles. The topological polar surface area (TPSA) is 41.5 Å². The lowest BCUT2D eigenvalue weighted by molar-refractivity contribution is -0.120. The Morgan fingerprint density at radius 3 is 2.45 bits per heavy atom. The molecule has 0 spiro atoms. The summed E-state index contributed by atoms with van der Waals surface area (Å²) in [4.78, 5) is 13.0. The van der Waals surface area contributed by atoms with Crippen LogP contribution in [-0.4, -0.2) is 17.4 Å². The van der Waals surface area contributed by atoms with Gasteiger partial charge in [0.25, 0.3) is 0 Å². The van der Waals surface area contributed by atoms with E-state index in [2.05, 4.69) is 41.7 Å². The molecule has 2 aromatic rings. The Bertz CT molecular complexity index is 636. The van der Waals surface area contributed by atoms with E-state index in [0.717, 1.165) is 17.0 Å². The van der Waals surface area contributed by atoms with Gasteiger partial charge in [0.15, 0.2) is 0 Å². The third kappa shape index (κ3) is 5.37. The van der Waals surface area contributed by atoms with Crippen LogP contribution < -0.4 is 5.43 Å². The maximum absolute atomic E-state index is 11.8. The van der Waals surface area contributed by atoms with Gasteiger partial charge in [0.1, 0.15) is 0 Å². The van der Waals surface area contributed by atoms with E-state index in [1.54, 1.807) is 11.8 Å². The number of hydrogen-bond acceptors (Lipinski definition) is 3. The van der Waals surface area contributed by atoms with Crippen molar-refractivity contribution in [3.63, 3.8) is 0 Å². The molecule has 0 radical (unpaired) electrons. The van der Waals surface area contributed by atoms with Crippen LogP contribution >= 0.6 is 11.8 Å². The summed E-state index contributed by atoms with van der Waals surface area (Å²) in [6.45, 7) is 3.95. The summed E-state index contributed by atoms with van der Waals surface area (Å²) in [6.07, 6.45) is 0.449. The van der Waals surface area contributed by atoms with E-state index in [9.17, 15) is 4.79 Å². The van der Waals surface area contributed by atoms with Gasteiger partial charge < -0.3 is 0 Å². The Hall–Kier alpha value is -2.07. The van der Waals surface area contributed by atoms with Gasteiger partial charge in [-0.2, -0.15) is 5.10 Å². The van der Waals surface area contributed by atoms with Crippen molar-refractivity contribution >= 4 is 23.4 Å². The van der Waals surface area contributed by atoms with E-state index in [4.69, 9.17) is 0 Å². The van der Waals surface area contributed by atoms with E-state index < -0.39 is 0 Å². The van der Waals surface area contributed by atoms with E-state index in [1.165, 1.54) is 10.5 Å². The van der Waals surface area contributed by atoms with Crippen molar-refractivity contribution in [2.45, 2.75) is 25.2 Å². The van der Waals surface area contributed by atoms with Crippen LogP contribution in [0.5, 0.6) is 0 Å². The summed E-state index contributed by atoms with van der Waals surface area (Å²) in [5.74, 6) is 0.685. The Labute approximate surface area is 135 Å². The number of thioether (sulfide) groups is 1. The summed E-state index contributed by atoms with van der Waals surface area (Å²) in [7, 11) is 0. The highest BCUT2D eigenvalue weighted by atomic mass is 32.2. The molecule has 2 rings (SSSR count). The smallest absolute Gasteiger partial charge is 0.240 e. The molecular formula is C18H20N2OS. The van der Waals surface area contributed by atoms with Crippen LogP contribution in [0.15, 0.2) is 64.6 Å². The molecule has 0 aliphatic rings. The summed E-state index contributed by atoms with van der Waals surface area (Å²) < 4.78 is 0. The molecule has 114 valence electrons. The second-order valence-electron chi connectivity index (χ2n) is 5.01. The molecule has 0 aliphatic carbocycles. The van der Waals surface area contributed by atoms with E-state index in [-0.39, 0.29) is 5.91 Å². The minimum Gasteiger partial charge on any atom is -0.273 e. The molecule has 0 saturated heterocycles. The van der Waals surface area contributed by atoms with Crippen molar-refractivity contribution in [2.24, 2.45) is 5.10 Å². The lowest BCUT2D eigenvalue weighted by Gasteiger charge is -2.03. The van der Waals surface area contributed by atoms with Gasteiger partial charge in [-0.05, 0) is 31.5 Å².